The third-order valence-corrected chi connectivity index (χ3v) is 8.05. The van der Waals surface area contributed by atoms with Gasteiger partial charge in [-0.25, -0.2) is 9.59 Å². The zero-order valence-electron chi connectivity index (χ0n) is 22.3. The van der Waals surface area contributed by atoms with Crippen LogP contribution in [-0.2, 0) is 9.53 Å². The summed E-state index contributed by atoms with van der Waals surface area (Å²) in [6.07, 6.45) is 2.66. The summed E-state index contributed by atoms with van der Waals surface area (Å²) in [7, 11) is 2.93. The highest BCUT2D eigenvalue weighted by Gasteiger charge is 2.44. The second-order valence-electron chi connectivity index (χ2n) is 9.67. The highest BCUT2D eigenvalue weighted by molar-refractivity contribution is 7.18. The predicted octanol–water partition coefficient (Wildman–Crippen LogP) is 6.21. The minimum atomic E-state index is -1.06. The Morgan fingerprint density at radius 1 is 0.895 bits per heavy atom. The molecule has 2 aromatic carbocycles. The highest BCUT2D eigenvalue weighted by atomic mass is 32.1. The molecule has 9 heteroatoms. The molecule has 8 nitrogen and oxygen atoms in total. The molecule has 200 valence electrons. The first kappa shape index (κ1) is 27.2. The van der Waals surface area contributed by atoms with Crippen molar-refractivity contribution in [2.45, 2.75) is 52.0 Å². The fraction of sp³-hybridized carbons (Fsp3) is 0.345. The summed E-state index contributed by atoms with van der Waals surface area (Å²) >= 11 is 1.24. The van der Waals surface area contributed by atoms with Crippen molar-refractivity contribution in [3.05, 3.63) is 64.0 Å². The summed E-state index contributed by atoms with van der Waals surface area (Å²) in [4.78, 5) is 40.4. The van der Waals surface area contributed by atoms with Crippen LogP contribution in [0.1, 0.15) is 52.0 Å². The molecule has 3 aromatic rings. The van der Waals surface area contributed by atoms with Crippen molar-refractivity contribution in [1.29, 1.82) is 0 Å². The van der Waals surface area contributed by atoms with Gasteiger partial charge in [-0.1, -0.05) is 30.5 Å². The van der Waals surface area contributed by atoms with Crippen molar-refractivity contribution in [2.24, 2.45) is 0 Å². The van der Waals surface area contributed by atoms with Crippen molar-refractivity contribution in [2.75, 3.05) is 24.9 Å². The number of hydrogen-bond acceptors (Lipinski definition) is 6. The number of benzene rings is 2. The van der Waals surface area contributed by atoms with E-state index in [1.54, 1.807) is 13.2 Å². The van der Waals surface area contributed by atoms with Crippen molar-refractivity contribution in [3.8, 4) is 16.2 Å². The standard InChI is InChI=1S/C29H33N3O5S/c1-17-14-18(2)24(19(3)15-17)31-28(35)30-22-16-23(20-8-10-21(36-4)11-9-20)38-25(22)26(33)32-29(27(34)37-5)12-6-7-13-29/h8-11,14-16H,6-7,12-13H2,1-5H3,(H,32,33)(H2,30,31,35). The molecular formula is C29H33N3O5S. The number of hydrogen-bond donors (Lipinski definition) is 3. The lowest BCUT2D eigenvalue weighted by Gasteiger charge is -2.27. The lowest BCUT2D eigenvalue weighted by Crippen LogP contribution is -2.53. The summed E-state index contributed by atoms with van der Waals surface area (Å²) < 4.78 is 10.3. The van der Waals surface area contributed by atoms with Crippen molar-refractivity contribution >= 4 is 40.6 Å². The molecule has 0 bridgehead atoms. The van der Waals surface area contributed by atoms with Crippen molar-refractivity contribution in [3.63, 3.8) is 0 Å². The largest absolute Gasteiger partial charge is 0.497 e. The Morgan fingerprint density at radius 2 is 1.53 bits per heavy atom. The summed E-state index contributed by atoms with van der Waals surface area (Å²) in [5, 5.41) is 8.72. The van der Waals surface area contributed by atoms with Gasteiger partial charge in [-0.05, 0) is 80.6 Å². The number of anilines is 2. The van der Waals surface area contributed by atoms with Gasteiger partial charge in [-0.2, -0.15) is 0 Å². The number of esters is 1. The number of rotatable bonds is 7. The fourth-order valence-corrected chi connectivity index (χ4v) is 6.04. The molecule has 4 rings (SSSR count). The quantitative estimate of drug-likeness (QED) is 0.312. The summed E-state index contributed by atoms with van der Waals surface area (Å²) in [6, 6.07) is 12.8. The van der Waals surface area contributed by atoms with Gasteiger partial charge in [-0.3, -0.25) is 4.79 Å². The van der Waals surface area contributed by atoms with Gasteiger partial charge >= 0.3 is 12.0 Å². The van der Waals surface area contributed by atoms with E-state index in [1.807, 2.05) is 57.2 Å². The molecule has 1 fully saturated rings. The van der Waals surface area contributed by atoms with E-state index in [0.29, 0.717) is 29.2 Å². The molecule has 38 heavy (non-hydrogen) atoms. The Bertz CT molecular complexity index is 1330. The number of carbonyl (C=O) groups excluding carboxylic acids is 3. The average Bonchev–Trinajstić information content (AvgIpc) is 3.54. The lowest BCUT2D eigenvalue weighted by molar-refractivity contribution is -0.148. The van der Waals surface area contributed by atoms with E-state index < -0.39 is 23.4 Å². The molecule has 0 atom stereocenters. The fourth-order valence-electron chi connectivity index (χ4n) is 5.02. The van der Waals surface area contributed by atoms with Crippen LogP contribution in [0.15, 0.2) is 42.5 Å². The maximum atomic E-state index is 13.6. The minimum Gasteiger partial charge on any atom is -0.497 e. The molecule has 1 aromatic heterocycles. The van der Waals surface area contributed by atoms with E-state index >= 15 is 0 Å². The van der Waals surface area contributed by atoms with E-state index in [9.17, 15) is 14.4 Å². The molecule has 1 aliphatic rings. The lowest BCUT2D eigenvalue weighted by atomic mass is 9.97. The molecule has 1 aliphatic carbocycles. The van der Waals surface area contributed by atoms with Crippen LogP contribution in [0, 0.1) is 20.8 Å². The molecule has 3 amide bonds. The molecule has 0 saturated heterocycles. The Balaban J connectivity index is 1.66. The number of thiophene rings is 1. The third kappa shape index (κ3) is 5.67. The van der Waals surface area contributed by atoms with Gasteiger partial charge in [-0.15, -0.1) is 11.3 Å². The SMILES string of the molecule is COC(=O)C1(NC(=O)c2sc(-c3ccc(OC)cc3)cc2NC(=O)Nc2c(C)cc(C)cc2C)CCCC1. The van der Waals surface area contributed by atoms with Gasteiger partial charge in [0.2, 0.25) is 0 Å². The number of methoxy groups -OCH3 is 2. The van der Waals surface area contributed by atoms with E-state index in [4.69, 9.17) is 9.47 Å². The topological polar surface area (TPSA) is 106 Å². The Kier molecular flexibility index (Phi) is 8.06. The van der Waals surface area contributed by atoms with Gasteiger partial charge in [0.05, 0.1) is 19.9 Å². The molecule has 3 N–H and O–H groups in total. The number of aryl methyl sites for hydroxylation is 3. The first-order valence-electron chi connectivity index (χ1n) is 12.5. The maximum absolute atomic E-state index is 13.6. The van der Waals surface area contributed by atoms with Gasteiger partial charge in [0.25, 0.3) is 5.91 Å². The van der Waals surface area contributed by atoms with E-state index in [2.05, 4.69) is 16.0 Å². The monoisotopic (exact) mass is 535 g/mol. The number of nitrogens with one attached hydrogen (secondary N) is 3. The van der Waals surface area contributed by atoms with Crippen LogP contribution < -0.4 is 20.7 Å². The van der Waals surface area contributed by atoms with Gasteiger partial charge < -0.3 is 25.4 Å². The molecule has 0 radical (unpaired) electrons. The molecule has 1 heterocycles. The number of ether oxygens (including phenoxy) is 2. The van der Waals surface area contributed by atoms with Crippen molar-refractivity contribution in [1.82, 2.24) is 5.32 Å². The molecule has 0 unspecified atom stereocenters. The Labute approximate surface area is 226 Å². The predicted molar refractivity (Wildman–Crippen MR) is 150 cm³/mol. The number of urea groups is 1. The average molecular weight is 536 g/mol. The summed E-state index contributed by atoms with van der Waals surface area (Å²) in [5.74, 6) is -0.168. The minimum absolute atomic E-state index is 0.304. The second-order valence-corrected chi connectivity index (χ2v) is 10.7. The van der Waals surface area contributed by atoms with Crippen molar-refractivity contribution < 1.29 is 23.9 Å². The molecular weight excluding hydrogens is 502 g/mol. The number of carbonyl (C=O) groups is 3. The van der Waals surface area contributed by atoms with Crippen LogP contribution in [0.4, 0.5) is 16.2 Å². The van der Waals surface area contributed by atoms with Crippen LogP contribution in [0.25, 0.3) is 10.4 Å². The second kappa shape index (κ2) is 11.3. The van der Waals surface area contributed by atoms with Crippen LogP contribution in [-0.4, -0.2) is 37.7 Å². The van der Waals surface area contributed by atoms with E-state index in [1.165, 1.54) is 18.4 Å². The molecule has 1 saturated carbocycles. The molecule has 0 spiro atoms. The van der Waals surface area contributed by atoms with E-state index in [0.717, 1.165) is 45.7 Å². The van der Waals surface area contributed by atoms with Gasteiger partial charge in [0.15, 0.2) is 0 Å². The normalized spacial score (nSPS) is 14.0. The van der Waals surface area contributed by atoms with Crippen LogP contribution >= 0.6 is 11.3 Å². The van der Waals surface area contributed by atoms with Crippen LogP contribution in [0.5, 0.6) is 5.75 Å². The zero-order valence-corrected chi connectivity index (χ0v) is 23.1. The highest BCUT2D eigenvalue weighted by Crippen LogP contribution is 2.37. The summed E-state index contributed by atoms with van der Waals surface area (Å²) in [5.41, 5.74) is 3.88. The first-order valence-corrected chi connectivity index (χ1v) is 13.3. The van der Waals surface area contributed by atoms with Gasteiger partial charge in [0.1, 0.15) is 16.2 Å². The van der Waals surface area contributed by atoms with E-state index in [-0.39, 0.29) is 0 Å². The van der Waals surface area contributed by atoms with Crippen LogP contribution in [0.3, 0.4) is 0 Å². The Morgan fingerprint density at radius 3 is 2.11 bits per heavy atom. The van der Waals surface area contributed by atoms with Gasteiger partial charge in [0, 0.05) is 10.6 Å². The maximum Gasteiger partial charge on any atom is 0.331 e. The third-order valence-electron chi connectivity index (χ3n) is 6.86. The molecule has 0 aliphatic heterocycles. The smallest absolute Gasteiger partial charge is 0.331 e. The zero-order chi connectivity index (χ0) is 27.4. The number of amides is 3. The Hall–Kier alpha value is -3.85. The summed E-state index contributed by atoms with van der Waals surface area (Å²) in [6.45, 7) is 5.88. The first-order chi connectivity index (χ1) is 18.2. The van der Waals surface area contributed by atoms with Crippen LogP contribution in [0.2, 0.25) is 0 Å².